The van der Waals surface area contributed by atoms with Crippen molar-refractivity contribution in [3.05, 3.63) is 88.1 Å². The van der Waals surface area contributed by atoms with E-state index in [1.807, 2.05) is 0 Å². The van der Waals surface area contributed by atoms with E-state index in [4.69, 9.17) is 25.5 Å². The first kappa shape index (κ1) is 23.1. The van der Waals surface area contributed by atoms with Crippen molar-refractivity contribution in [1.29, 1.82) is 0 Å². The number of methoxy groups -OCH3 is 1. The smallest absolute Gasteiger partial charge is 0.331 e. The number of urea groups is 1. The monoisotopic (exact) mass is 484 g/mol. The van der Waals surface area contributed by atoms with Crippen LogP contribution in [0.5, 0.6) is 11.5 Å². The molecule has 0 saturated carbocycles. The van der Waals surface area contributed by atoms with Crippen LogP contribution in [-0.4, -0.2) is 29.9 Å². The Hall–Kier alpha value is -4.11. The van der Waals surface area contributed by atoms with Gasteiger partial charge in [0.15, 0.2) is 11.5 Å². The summed E-state index contributed by atoms with van der Waals surface area (Å²) in [7, 11) is 1.40. The number of ether oxygens (including phenoxy) is 2. The van der Waals surface area contributed by atoms with E-state index in [9.17, 15) is 18.8 Å². The molecule has 2 heterocycles. The summed E-state index contributed by atoms with van der Waals surface area (Å²) >= 11 is 6.38. The van der Waals surface area contributed by atoms with Crippen LogP contribution in [0.4, 0.5) is 9.18 Å². The first-order valence-electron chi connectivity index (χ1n) is 10.0. The lowest BCUT2D eigenvalue weighted by molar-refractivity contribution is -0.130. The van der Waals surface area contributed by atoms with Gasteiger partial charge in [-0.2, -0.15) is 0 Å². The van der Waals surface area contributed by atoms with Gasteiger partial charge in [-0.25, -0.2) is 9.18 Å². The Bertz CT molecular complexity index is 1290. The van der Waals surface area contributed by atoms with Gasteiger partial charge in [-0.15, -0.1) is 0 Å². The molecule has 1 aliphatic heterocycles. The Balaban J connectivity index is 1.59. The zero-order valence-electron chi connectivity index (χ0n) is 17.8. The number of imide groups is 2. The third-order valence-electron chi connectivity index (χ3n) is 4.91. The van der Waals surface area contributed by atoms with E-state index in [-0.39, 0.29) is 35.2 Å². The van der Waals surface area contributed by atoms with E-state index in [1.54, 1.807) is 24.3 Å². The summed E-state index contributed by atoms with van der Waals surface area (Å²) in [5, 5.41) is 2.29. The summed E-state index contributed by atoms with van der Waals surface area (Å²) in [6.07, 6.45) is 2.71. The predicted octanol–water partition coefficient (Wildman–Crippen LogP) is 4.32. The third-order valence-corrected chi connectivity index (χ3v) is 5.20. The van der Waals surface area contributed by atoms with Crippen molar-refractivity contribution in [3.8, 4) is 11.5 Å². The fourth-order valence-corrected chi connectivity index (χ4v) is 3.58. The molecule has 0 unspecified atom stereocenters. The molecule has 1 aliphatic rings. The Morgan fingerprint density at radius 3 is 2.68 bits per heavy atom. The first-order chi connectivity index (χ1) is 16.4. The quantitative estimate of drug-likeness (QED) is 0.396. The number of carbonyl (C=O) groups excluding carboxylic acids is 3. The van der Waals surface area contributed by atoms with Crippen LogP contribution in [0.1, 0.15) is 16.9 Å². The van der Waals surface area contributed by atoms with Crippen molar-refractivity contribution in [2.45, 2.75) is 13.2 Å². The second-order valence-electron chi connectivity index (χ2n) is 7.24. The molecule has 1 saturated heterocycles. The molecule has 0 bridgehead atoms. The van der Waals surface area contributed by atoms with Gasteiger partial charge in [-0.3, -0.25) is 19.8 Å². The van der Waals surface area contributed by atoms with Gasteiger partial charge in [0.1, 0.15) is 23.8 Å². The van der Waals surface area contributed by atoms with E-state index in [0.717, 1.165) is 4.90 Å². The van der Waals surface area contributed by atoms with E-state index >= 15 is 0 Å². The minimum atomic E-state index is -0.847. The van der Waals surface area contributed by atoms with Crippen molar-refractivity contribution in [2.24, 2.45) is 0 Å². The third kappa shape index (κ3) is 4.94. The number of nitrogens with one attached hydrogen (secondary N) is 1. The molecule has 8 nitrogen and oxygen atoms in total. The number of nitrogens with zero attached hydrogens (tertiary/aromatic N) is 1. The largest absolute Gasteiger partial charge is 0.493 e. The van der Waals surface area contributed by atoms with Gasteiger partial charge in [-0.1, -0.05) is 23.7 Å². The number of hydrogen-bond acceptors (Lipinski definition) is 6. The van der Waals surface area contributed by atoms with Gasteiger partial charge in [0, 0.05) is 0 Å². The highest BCUT2D eigenvalue weighted by Gasteiger charge is 2.36. The van der Waals surface area contributed by atoms with Crippen LogP contribution in [0, 0.1) is 5.82 Å². The minimum absolute atomic E-state index is 0.0407. The van der Waals surface area contributed by atoms with Crippen LogP contribution in [0.15, 0.2) is 64.8 Å². The molecule has 1 N–H and O–H groups in total. The summed E-state index contributed by atoms with van der Waals surface area (Å²) in [6, 6.07) is 11.3. The molecular weight excluding hydrogens is 467 g/mol. The second kappa shape index (κ2) is 9.80. The SMILES string of the molecule is COc1cc(/C=C2\C(=O)NC(=O)N(Cc3ccco3)C2=O)cc(Cl)c1OCc1cccc(F)c1. The standard InChI is InChI=1S/C24H18ClFN2O6/c1-32-20-11-15(10-19(25)21(20)34-13-14-4-2-5-16(26)8-14)9-18-22(29)27-24(31)28(23(18)30)12-17-6-3-7-33-17/h2-11H,12-13H2,1H3,(H,27,29,31)/b18-9+. The van der Waals surface area contributed by atoms with Gasteiger partial charge in [-0.05, 0) is 53.6 Å². The van der Waals surface area contributed by atoms with Crippen molar-refractivity contribution in [1.82, 2.24) is 10.2 Å². The van der Waals surface area contributed by atoms with E-state index < -0.39 is 23.7 Å². The maximum Gasteiger partial charge on any atom is 0.331 e. The van der Waals surface area contributed by atoms with Crippen LogP contribution in [0.2, 0.25) is 5.02 Å². The number of hydrogen-bond donors (Lipinski definition) is 1. The lowest BCUT2D eigenvalue weighted by atomic mass is 10.1. The molecule has 1 fully saturated rings. The minimum Gasteiger partial charge on any atom is -0.493 e. The molecule has 3 aromatic rings. The van der Waals surface area contributed by atoms with Crippen LogP contribution in [0.25, 0.3) is 6.08 Å². The average Bonchev–Trinajstić information content (AvgIpc) is 3.32. The highest BCUT2D eigenvalue weighted by Crippen LogP contribution is 2.37. The second-order valence-corrected chi connectivity index (χ2v) is 7.65. The van der Waals surface area contributed by atoms with Crippen molar-refractivity contribution < 1.29 is 32.7 Å². The van der Waals surface area contributed by atoms with E-state index in [0.29, 0.717) is 16.9 Å². The lowest BCUT2D eigenvalue weighted by Crippen LogP contribution is -2.53. The van der Waals surface area contributed by atoms with Gasteiger partial charge in [0.25, 0.3) is 11.8 Å². The van der Waals surface area contributed by atoms with Crippen LogP contribution >= 0.6 is 11.6 Å². The maximum absolute atomic E-state index is 13.4. The Morgan fingerprint density at radius 1 is 1.15 bits per heavy atom. The van der Waals surface area contributed by atoms with Crippen molar-refractivity contribution in [2.75, 3.05) is 7.11 Å². The Labute approximate surface area is 198 Å². The zero-order chi connectivity index (χ0) is 24.2. The number of amides is 4. The predicted molar refractivity (Wildman–Crippen MR) is 120 cm³/mol. The number of barbiturate groups is 1. The van der Waals surface area contributed by atoms with Crippen LogP contribution in [0.3, 0.4) is 0 Å². The van der Waals surface area contributed by atoms with Crippen molar-refractivity contribution >= 4 is 35.5 Å². The molecule has 4 amide bonds. The molecule has 4 rings (SSSR count). The molecule has 2 aromatic carbocycles. The highest BCUT2D eigenvalue weighted by molar-refractivity contribution is 6.33. The summed E-state index contributed by atoms with van der Waals surface area (Å²) in [5.74, 6) is -1.19. The fraction of sp³-hybridized carbons (Fsp3) is 0.125. The van der Waals surface area contributed by atoms with Gasteiger partial charge in [0.05, 0.1) is 24.9 Å². The van der Waals surface area contributed by atoms with E-state index in [1.165, 1.54) is 43.7 Å². The highest BCUT2D eigenvalue weighted by atomic mass is 35.5. The Kier molecular flexibility index (Phi) is 6.65. The van der Waals surface area contributed by atoms with Crippen LogP contribution < -0.4 is 14.8 Å². The fourth-order valence-electron chi connectivity index (χ4n) is 3.31. The molecule has 0 radical (unpaired) electrons. The molecule has 174 valence electrons. The average molecular weight is 485 g/mol. The zero-order valence-corrected chi connectivity index (χ0v) is 18.6. The first-order valence-corrected chi connectivity index (χ1v) is 10.4. The Morgan fingerprint density at radius 2 is 1.97 bits per heavy atom. The molecule has 1 aromatic heterocycles. The maximum atomic E-state index is 13.4. The van der Waals surface area contributed by atoms with Crippen LogP contribution in [-0.2, 0) is 22.7 Å². The summed E-state index contributed by atoms with van der Waals surface area (Å²) < 4.78 is 29.7. The number of carbonyl (C=O) groups is 3. The normalized spacial score (nSPS) is 15.0. The molecule has 0 atom stereocenters. The van der Waals surface area contributed by atoms with Gasteiger partial charge >= 0.3 is 6.03 Å². The van der Waals surface area contributed by atoms with Gasteiger partial charge in [0.2, 0.25) is 0 Å². The summed E-state index contributed by atoms with van der Waals surface area (Å²) in [5.41, 5.74) is 0.693. The summed E-state index contributed by atoms with van der Waals surface area (Å²) in [6.45, 7) is -0.0990. The number of benzene rings is 2. The number of halogens is 2. The molecule has 10 heteroatoms. The molecule has 0 spiro atoms. The van der Waals surface area contributed by atoms with Gasteiger partial charge < -0.3 is 13.9 Å². The van der Waals surface area contributed by atoms with Crippen molar-refractivity contribution in [3.63, 3.8) is 0 Å². The summed E-state index contributed by atoms with van der Waals surface area (Å²) in [4.78, 5) is 38.3. The number of furan rings is 1. The topological polar surface area (TPSA) is 98.1 Å². The number of rotatable bonds is 7. The molecule has 34 heavy (non-hydrogen) atoms. The molecule has 0 aliphatic carbocycles. The van der Waals surface area contributed by atoms with E-state index in [2.05, 4.69) is 5.32 Å². The lowest BCUT2D eigenvalue weighted by Gasteiger charge is -2.25. The molecular formula is C24H18ClFN2O6.